The number of hydrogen-bond donors (Lipinski definition) is 1. The number of alkyl halides is 3. The molecule has 0 aliphatic rings. The van der Waals surface area contributed by atoms with Crippen LogP contribution in [0.4, 0.5) is 13.2 Å². The van der Waals surface area contributed by atoms with Crippen LogP contribution in [0.3, 0.4) is 0 Å². The molecule has 0 atom stereocenters. The third-order valence-electron chi connectivity index (χ3n) is 6.12. The molecule has 35 heavy (non-hydrogen) atoms. The summed E-state index contributed by atoms with van der Waals surface area (Å²) in [6.07, 6.45) is -4.86. The monoisotopic (exact) mass is 474 g/mol. The minimum atomic E-state index is -4.86. The first-order valence-corrected chi connectivity index (χ1v) is 10.8. The van der Waals surface area contributed by atoms with E-state index in [0.29, 0.717) is 5.56 Å². The average Bonchev–Trinajstić information content (AvgIpc) is 2.82. The third-order valence-corrected chi connectivity index (χ3v) is 6.12. The van der Waals surface area contributed by atoms with Crippen molar-refractivity contribution in [1.82, 2.24) is 4.57 Å². The maximum atomic E-state index is 13.8. The molecule has 176 valence electrons. The van der Waals surface area contributed by atoms with Crippen molar-refractivity contribution in [2.24, 2.45) is 0 Å². The maximum absolute atomic E-state index is 13.8. The van der Waals surface area contributed by atoms with Gasteiger partial charge in [-0.3, -0.25) is 4.79 Å². The Morgan fingerprint density at radius 1 is 0.914 bits per heavy atom. The highest BCUT2D eigenvalue weighted by molar-refractivity contribution is 5.70. The highest BCUT2D eigenvalue weighted by Gasteiger charge is 2.36. The number of halogens is 3. The summed E-state index contributed by atoms with van der Waals surface area (Å²) in [6, 6.07) is 21.2. The van der Waals surface area contributed by atoms with Gasteiger partial charge in [0, 0.05) is 0 Å². The van der Waals surface area contributed by atoms with Crippen LogP contribution in [0.1, 0.15) is 27.8 Å². The number of aromatic nitrogens is 1. The lowest BCUT2D eigenvalue weighted by molar-refractivity contribution is -0.137. The van der Waals surface area contributed by atoms with E-state index in [-0.39, 0.29) is 18.0 Å². The summed E-state index contributed by atoms with van der Waals surface area (Å²) in [4.78, 5) is 13.2. The van der Waals surface area contributed by atoms with Gasteiger partial charge < -0.3 is 9.67 Å². The second-order valence-electron chi connectivity index (χ2n) is 8.31. The quantitative estimate of drug-likeness (QED) is 0.370. The first-order valence-electron chi connectivity index (χ1n) is 10.8. The van der Waals surface area contributed by atoms with Crippen LogP contribution in [0.25, 0.3) is 22.4 Å². The Kier molecular flexibility index (Phi) is 6.23. The normalized spacial score (nSPS) is 11.3. The van der Waals surface area contributed by atoms with Crippen LogP contribution >= 0.6 is 0 Å². The Balaban J connectivity index is 1.92. The molecule has 0 spiro atoms. The molecular weight excluding hydrogens is 453 g/mol. The molecule has 0 saturated heterocycles. The molecule has 0 radical (unpaired) electrons. The van der Waals surface area contributed by atoms with Crippen LogP contribution in [-0.2, 0) is 12.7 Å². The third kappa shape index (κ3) is 4.69. The molecule has 0 saturated carbocycles. The van der Waals surface area contributed by atoms with Gasteiger partial charge in [0.05, 0.1) is 17.8 Å². The van der Waals surface area contributed by atoms with Crippen LogP contribution in [0.5, 0.6) is 5.75 Å². The lowest BCUT2D eigenvalue weighted by Gasteiger charge is -2.19. The number of pyridine rings is 1. The summed E-state index contributed by atoms with van der Waals surface area (Å²) in [6.45, 7) is 3.81. The molecule has 3 aromatic carbocycles. The Bertz CT molecular complexity index is 1510. The van der Waals surface area contributed by atoms with Gasteiger partial charge in [-0.15, -0.1) is 0 Å². The van der Waals surface area contributed by atoms with Crippen molar-refractivity contribution in [1.29, 1.82) is 5.26 Å². The number of hydrogen-bond acceptors (Lipinski definition) is 3. The van der Waals surface area contributed by atoms with Crippen molar-refractivity contribution < 1.29 is 18.3 Å². The fraction of sp³-hybridized carbons (Fsp3) is 0.143. The fourth-order valence-electron chi connectivity index (χ4n) is 4.05. The fourth-order valence-corrected chi connectivity index (χ4v) is 4.05. The molecule has 0 unspecified atom stereocenters. The highest BCUT2D eigenvalue weighted by Crippen LogP contribution is 2.34. The van der Waals surface area contributed by atoms with Gasteiger partial charge in [-0.25, -0.2) is 0 Å². The summed E-state index contributed by atoms with van der Waals surface area (Å²) in [7, 11) is 0. The van der Waals surface area contributed by atoms with Crippen LogP contribution in [0.15, 0.2) is 77.6 Å². The predicted octanol–water partition coefficient (Wildman–Crippen LogP) is 6.44. The number of nitriles is 1. The number of aromatic hydroxyl groups is 1. The van der Waals surface area contributed by atoms with E-state index in [9.17, 15) is 28.3 Å². The molecule has 0 amide bonds. The summed E-state index contributed by atoms with van der Waals surface area (Å²) in [5.41, 5.74) is 1.44. The zero-order chi connectivity index (χ0) is 25.3. The molecule has 4 rings (SSSR count). The number of aryl methyl sites for hydroxylation is 1. The largest absolute Gasteiger partial charge is 0.508 e. The molecule has 4 nitrogen and oxygen atoms in total. The lowest BCUT2D eigenvalue weighted by atomic mass is 9.99. The second-order valence-corrected chi connectivity index (χ2v) is 8.31. The van der Waals surface area contributed by atoms with Gasteiger partial charge in [0.2, 0.25) is 0 Å². The second kappa shape index (κ2) is 9.15. The maximum Gasteiger partial charge on any atom is 0.417 e. The van der Waals surface area contributed by atoms with Crippen molar-refractivity contribution in [2.75, 3.05) is 0 Å². The van der Waals surface area contributed by atoms with Crippen LogP contribution in [0, 0.1) is 25.2 Å². The van der Waals surface area contributed by atoms with Gasteiger partial charge in [-0.05, 0) is 65.4 Å². The van der Waals surface area contributed by atoms with Crippen molar-refractivity contribution in [3.05, 3.63) is 111 Å². The van der Waals surface area contributed by atoms with E-state index in [2.05, 4.69) is 0 Å². The molecule has 7 heteroatoms. The standard InChI is InChI=1S/C28H21F3N2O2/c1-17-5-3-7-22(18(17)2)16-33-26(14-25(28(29,30)31)24(15-32)27(33)35)20-11-9-19(10-12-20)21-6-4-8-23(34)13-21/h3-14,34H,16H2,1-2H3. The molecule has 0 fully saturated rings. The zero-order valence-corrected chi connectivity index (χ0v) is 19.0. The molecule has 0 bridgehead atoms. The van der Waals surface area contributed by atoms with E-state index in [1.54, 1.807) is 48.5 Å². The number of phenolic OH excluding ortho intramolecular Hbond substituents is 1. The van der Waals surface area contributed by atoms with Gasteiger partial charge in [-0.2, -0.15) is 18.4 Å². The molecule has 1 heterocycles. The van der Waals surface area contributed by atoms with Gasteiger partial charge in [0.15, 0.2) is 0 Å². The molecule has 1 N–H and O–H groups in total. The average molecular weight is 474 g/mol. The summed E-state index contributed by atoms with van der Waals surface area (Å²) in [5.74, 6) is 0.0934. The van der Waals surface area contributed by atoms with Crippen molar-refractivity contribution in [2.45, 2.75) is 26.6 Å². The van der Waals surface area contributed by atoms with E-state index < -0.39 is 22.9 Å². The predicted molar refractivity (Wildman–Crippen MR) is 128 cm³/mol. The number of benzene rings is 3. The minimum absolute atomic E-state index is 0.0167. The van der Waals surface area contributed by atoms with E-state index in [0.717, 1.165) is 33.9 Å². The van der Waals surface area contributed by atoms with Crippen molar-refractivity contribution >= 4 is 0 Å². The lowest BCUT2D eigenvalue weighted by Crippen LogP contribution is -2.29. The van der Waals surface area contributed by atoms with E-state index >= 15 is 0 Å². The van der Waals surface area contributed by atoms with E-state index in [1.807, 2.05) is 32.0 Å². The Morgan fingerprint density at radius 2 is 1.57 bits per heavy atom. The Morgan fingerprint density at radius 3 is 2.20 bits per heavy atom. The van der Waals surface area contributed by atoms with Gasteiger partial charge in [-0.1, -0.05) is 54.6 Å². The first-order chi connectivity index (χ1) is 16.6. The smallest absolute Gasteiger partial charge is 0.417 e. The molecule has 0 aliphatic heterocycles. The Labute approximate surface area is 200 Å². The molecule has 1 aromatic heterocycles. The molecule has 0 aliphatic carbocycles. The van der Waals surface area contributed by atoms with Crippen LogP contribution < -0.4 is 5.56 Å². The summed E-state index contributed by atoms with van der Waals surface area (Å²) in [5, 5.41) is 19.2. The van der Waals surface area contributed by atoms with Gasteiger partial charge in [0.25, 0.3) is 5.56 Å². The van der Waals surface area contributed by atoms with Crippen molar-refractivity contribution in [3.8, 4) is 34.2 Å². The van der Waals surface area contributed by atoms with Crippen molar-refractivity contribution in [3.63, 3.8) is 0 Å². The van der Waals surface area contributed by atoms with E-state index in [4.69, 9.17) is 0 Å². The highest BCUT2D eigenvalue weighted by atomic mass is 19.4. The van der Waals surface area contributed by atoms with E-state index in [1.165, 1.54) is 10.6 Å². The summed E-state index contributed by atoms with van der Waals surface area (Å²) < 4.78 is 42.6. The Hall–Kier alpha value is -4.31. The minimum Gasteiger partial charge on any atom is -0.508 e. The molecular formula is C28H21F3N2O2. The zero-order valence-electron chi connectivity index (χ0n) is 19.0. The molecule has 4 aromatic rings. The topological polar surface area (TPSA) is 66.0 Å². The summed E-state index contributed by atoms with van der Waals surface area (Å²) >= 11 is 0. The number of phenols is 1. The first kappa shape index (κ1) is 23.8. The van der Waals surface area contributed by atoms with Crippen LogP contribution in [0.2, 0.25) is 0 Å². The van der Waals surface area contributed by atoms with Gasteiger partial charge in [0.1, 0.15) is 17.4 Å². The number of nitrogens with zero attached hydrogens (tertiary/aromatic N) is 2. The van der Waals surface area contributed by atoms with Gasteiger partial charge >= 0.3 is 6.18 Å². The van der Waals surface area contributed by atoms with Crippen LogP contribution in [-0.4, -0.2) is 9.67 Å². The SMILES string of the molecule is Cc1cccc(Cn2c(-c3ccc(-c4cccc(O)c4)cc3)cc(C(F)(F)F)c(C#N)c2=O)c1C. The number of rotatable bonds is 4.